The third-order valence-corrected chi connectivity index (χ3v) is 3.37. The number of anilines is 1. The highest BCUT2D eigenvalue weighted by atomic mass is 19.1. The molecule has 1 aromatic carbocycles. The van der Waals surface area contributed by atoms with Crippen LogP contribution in [0, 0.1) is 0 Å². The second kappa shape index (κ2) is 7.32. The van der Waals surface area contributed by atoms with Crippen LogP contribution in [0.4, 0.5) is 10.1 Å². The predicted molar refractivity (Wildman–Crippen MR) is 80.0 cm³/mol. The normalized spacial score (nSPS) is 16.5. The van der Waals surface area contributed by atoms with E-state index in [9.17, 15) is 29.3 Å². The molecule has 1 heterocycles. The molecule has 7 nitrogen and oxygen atoms in total. The van der Waals surface area contributed by atoms with Crippen molar-refractivity contribution < 1.29 is 28.9 Å². The molecule has 0 amide bonds. The molecule has 0 radical (unpaired) electrons. The van der Waals surface area contributed by atoms with Crippen molar-refractivity contribution in [2.75, 3.05) is 12.0 Å². The number of hydrogen-bond donors (Lipinski definition) is 4. The molecular weight excluding hydrogens is 309 g/mol. The summed E-state index contributed by atoms with van der Waals surface area (Å²) in [7, 11) is 0. The quantitative estimate of drug-likeness (QED) is 0.412. The van der Waals surface area contributed by atoms with Crippen molar-refractivity contribution in [1.82, 2.24) is 0 Å². The number of nitrogens with one attached hydrogen (secondary N) is 1. The van der Waals surface area contributed by atoms with Gasteiger partial charge in [0.2, 0.25) is 0 Å². The van der Waals surface area contributed by atoms with Crippen LogP contribution in [0.5, 0.6) is 0 Å². The molecule has 0 saturated carbocycles. The van der Waals surface area contributed by atoms with Crippen LogP contribution in [0.1, 0.15) is 0 Å². The van der Waals surface area contributed by atoms with Crippen LogP contribution in [0.25, 0.3) is 11.0 Å². The van der Waals surface area contributed by atoms with E-state index in [1.807, 2.05) is 0 Å². The maximum atomic E-state index is 12.3. The van der Waals surface area contributed by atoms with Crippen molar-refractivity contribution >= 4 is 22.9 Å². The summed E-state index contributed by atoms with van der Waals surface area (Å²) < 4.78 is 17.3. The number of carbonyl (C=O) groups excluding carboxylic acids is 1. The van der Waals surface area contributed by atoms with Gasteiger partial charge in [0.1, 0.15) is 42.9 Å². The van der Waals surface area contributed by atoms with Gasteiger partial charge in [0.25, 0.3) is 0 Å². The van der Waals surface area contributed by atoms with Crippen LogP contribution in [0.2, 0.25) is 0 Å². The van der Waals surface area contributed by atoms with Gasteiger partial charge in [-0.25, -0.2) is 9.18 Å². The Kier molecular flexibility index (Phi) is 5.43. The van der Waals surface area contributed by atoms with E-state index in [2.05, 4.69) is 5.32 Å². The number of aliphatic hydroxyl groups is 3. The monoisotopic (exact) mass is 325 g/mol. The van der Waals surface area contributed by atoms with Crippen LogP contribution < -0.4 is 10.9 Å². The number of aliphatic hydroxyl groups excluding tert-OH is 3. The van der Waals surface area contributed by atoms with Gasteiger partial charge >= 0.3 is 5.63 Å². The molecule has 0 spiro atoms. The van der Waals surface area contributed by atoms with Gasteiger partial charge in [-0.3, -0.25) is 0 Å². The molecule has 1 aromatic heterocycles. The van der Waals surface area contributed by atoms with Crippen molar-refractivity contribution in [1.29, 1.82) is 0 Å². The van der Waals surface area contributed by atoms with E-state index >= 15 is 0 Å². The lowest BCUT2D eigenvalue weighted by Crippen LogP contribution is -2.48. The smallest absolute Gasteiger partial charge is 0.336 e. The summed E-state index contributed by atoms with van der Waals surface area (Å²) in [4.78, 5) is 22.3. The number of aldehydes is 1. The summed E-state index contributed by atoms with van der Waals surface area (Å²) in [5, 5.41) is 31.9. The second-order valence-electron chi connectivity index (χ2n) is 5.02. The Bertz CT molecular complexity index is 733. The highest BCUT2D eigenvalue weighted by Crippen LogP contribution is 2.19. The standard InChI is InChI=1S/C15H16FNO6/c16-6-11(19)15(22)14(21)10(7-18)17-9-3-1-8-2-4-13(20)23-12(8)5-9/h1-5,7,10-11,14-15,17,19,21-22H,6H2/t10-,11+,14+,15+/m1/s1. The molecule has 0 saturated heterocycles. The first-order valence-electron chi connectivity index (χ1n) is 6.82. The molecule has 2 rings (SSSR count). The fourth-order valence-electron chi connectivity index (χ4n) is 2.07. The van der Waals surface area contributed by atoms with Gasteiger partial charge in [-0.05, 0) is 18.2 Å². The number of alkyl halides is 1. The largest absolute Gasteiger partial charge is 0.423 e. The number of fused-ring (bicyclic) bond motifs is 1. The highest BCUT2D eigenvalue weighted by molar-refractivity contribution is 5.81. The maximum absolute atomic E-state index is 12.3. The Morgan fingerprint density at radius 3 is 2.52 bits per heavy atom. The summed E-state index contributed by atoms with van der Waals surface area (Å²) in [6.07, 6.45) is -5.04. The number of benzene rings is 1. The molecule has 0 bridgehead atoms. The Balaban J connectivity index is 2.21. The molecule has 0 aliphatic rings. The summed E-state index contributed by atoms with van der Waals surface area (Å²) in [6, 6.07) is 6.18. The fraction of sp³-hybridized carbons (Fsp3) is 0.333. The average molecular weight is 325 g/mol. The van der Waals surface area contributed by atoms with E-state index in [1.54, 1.807) is 18.2 Å². The highest BCUT2D eigenvalue weighted by Gasteiger charge is 2.31. The van der Waals surface area contributed by atoms with E-state index in [4.69, 9.17) is 4.42 Å². The van der Waals surface area contributed by atoms with Gasteiger partial charge < -0.3 is 29.8 Å². The van der Waals surface area contributed by atoms with Gasteiger partial charge in [0.15, 0.2) is 0 Å². The molecule has 4 N–H and O–H groups in total. The van der Waals surface area contributed by atoms with E-state index in [-0.39, 0.29) is 5.58 Å². The van der Waals surface area contributed by atoms with Crippen molar-refractivity contribution in [2.45, 2.75) is 24.4 Å². The number of hydrogen-bond acceptors (Lipinski definition) is 7. The van der Waals surface area contributed by atoms with Gasteiger partial charge in [0.05, 0.1) is 0 Å². The summed E-state index contributed by atoms with van der Waals surface area (Å²) in [5.74, 6) is 0. The van der Waals surface area contributed by atoms with Crippen LogP contribution in [0.15, 0.2) is 39.5 Å². The van der Waals surface area contributed by atoms with E-state index < -0.39 is 36.7 Å². The molecule has 8 heteroatoms. The van der Waals surface area contributed by atoms with Gasteiger partial charge in [-0.2, -0.15) is 0 Å². The second-order valence-corrected chi connectivity index (χ2v) is 5.02. The lowest BCUT2D eigenvalue weighted by Gasteiger charge is -2.26. The minimum atomic E-state index is -1.83. The molecule has 124 valence electrons. The molecule has 23 heavy (non-hydrogen) atoms. The third-order valence-electron chi connectivity index (χ3n) is 3.37. The molecule has 0 fully saturated rings. The van der Waals surface area contributed by atoms with Crippen molar-refractivity contribution in [2.24, 2.45) is 0 Å². The predicted octanol–water partition coefficient (Wildman–Crippen LogP) is -0.175. The summed E-state index contributed by atoms with van der Waals surface area (Å²) in [6.45, 7) is -1.26. The van der Waals surface area contributed by atoms with Crippen molar-refractivity contribution in [3.8, 4) is 0 Å². The number of rotatable bonds is 7. The lowest BCUT2D eigenvalue weighted by atomic mass is 10.0. The van der Waals surface area contributed by atoms with Crippen LogP contribution in [-0.2, 0) is 4.79 Å². The van der Waals surface area contributed by atoms with Gasteiger partial charge in [-0.15, -0.1) is 0 Å². The van der Waals surface area contributed by atoms with E-state index in [0.29, 0.717) is 17.4 Å². The molecule has 0 aliphatic carbocycles. The maximum Gasteiger partial charge on any atom is 0.336 e. The van der Waals surface area contributed by atoms with Crippen LogP contribution in [-0.4, -0.2) is 52.6 Å². The molecular formula is C15H16FNO6. The first-order chi connectivity index (χ1) is 11.0. The Morgan fingerprint density at radius 1 is 1.17 bits per heavy atom. The number of halogens is 1. The molecule has 0 aliphatic heterocycles. The van der Waals surface area contributed by atoms with Gasteiger partial charge in [-0.1, -0.05) is 0 Å². The number of carbonyl (C=O) groups is 1. The topological polar surface area (TPSA) is 120 Å². The Hall–Kier alpha value is -2.29. The minimum Gasteiger partial charge on any atom is -0.423 e. The Labute approximate surface area is 130 Å². The molecule has 0 unspecified atom stereocenters. The van der Waals surface area contributed by atoms with E-state index in [0.717, 1.165) is 0 Å². The first kappa shape index (κ1) is 17.1. The van der Waals surface area contributed by atoms with Crippen molar-refractivity contribution in [3.05, 3.63) is 40.8 Å². The van der Waals surface area contributed by atoms with Crippen LogP contribution in [0.3, 0.4) is 0 Å². The van der Waals surface area contributed by atoms with E-state index in [1.165, 1.54) is 12.1 Å². The third kappa shape index (κ3) is 3.92. The summed E-state index contributed by atoms with van der Waals surface area (Å²) >= 11 is 0. The van der Waals surface area contributed by atoms with Gasteiger partial charge in [0, 0.05) is 23.2 Å². The molecule has 4 atom stereocenters. The fourth-order valence-corrected chi connectivity index (χ4v) is 2.07. The molecule has 2 aromatic rings. The van der Waals surface area contributed by atoms with Crippen molar-refractivity contribution in [3.63, 3.8) is 0 Å². The zero-order valence-electron chi connectivity index (χ0n) is 11.9. The zero-order chi connectivity index (χ0) is 17.0. The lowest BCUT2D eigenvalue weighted by molar-refractivity contribution is -0.116. The first-order valence-corrected chi connectivity index (χ1v) is 6.82. The summed E-state index contributed by atoms with van der Waals surface area (Å²) in [5.41, 5.74) is 0.0685. The SMILES string of the molecule is O=C[C@@H](Nc1ccc2ccc(=O)oc2c1)[C@H](O)[C@@H](O)[C@@H](O)CF. The van der Waals surface area contributed by atoms with Crippen LogP contribution >= 0.6 is 0 Å². The Morgan fingerprint density at radius 2 is 1.87 bits per heavy atom. The minimum absolute atomic E-state index is 0.269. The zero-order valence-corrected chi connectivity index (χ0v) is 11.9. The average Bonchev–Trinajstić information content (AvgIpc) is 2.57.